The summed E-state index contributed by atoms with van der Waals surface area (Å²) in [7, 11) is 0. The lowest BCUT2D eigenvalue weighted by Crippen LogP contribution is -1.94. The van der Waals surface area contributed by atoms with Crippen molar-refractivity contribution >= 4 is 16.5 Å². The first-order valence-corrected chi connectivity index (χ1v) is 6.58. The molecule has 0 saturated heterocycles. The van der Waals surface area contributed by atoms with E-state index in [4.69, 9.17) is 4.74 Å². The van der Waals surface area contributed by atoms with Crippen molar-refractivity contribution in [1.29, 1.82) is 0 Å². The zero-order valence-corrected chi connectivity index (χ0v) is 11.2. The molecule has 1 aromatic heterocycles. The van der Waals surface area contributed by atoms with Crippen LogP contribution in [0.25, 0.3) is 0 Å². The van der Waals surface area contributed by atoms with Crippen molar-refractivity contribution in [3.05, 3.63) is 40.7 Å². The highest BCUT2D eigenvalue weighted by Gasteiger charge is 2.03. The van der Waals surface area contributed by atoms with Crippen LogP contribution in [0.3, 0.4) is 0 Å². The van der Waals surface area contributed by atoms with Gasteiger partial charge in [-0.3, -0.25) is 0 Å². The maximum atomic E-state index is 13.1. The van der Waals surface area contributed by atoms with E-state index in [-0.39, 0.29) is 5.82 Å². The van der Waals surface area contributed by atoms with E-state index in [2.05, 4.69) is 10.3 Å². The first-order valence-electron chi connectivity index (χ1n) is 5.76. The van der Waals surface area contributed by atoms with Crippen LogP contribution in [0, 0.1) is 12.7 Å². The SMILES string of the molecule is CCNc1ncc(COc2ccc(F)c(C)c2)s1. The van der Waals surface area contributed by atoms with Crippen LogP contribution in [0.2, 0.25) is 0 Å². The lowest BCUT2D eigenvalue weighted by Gasteiger charge is -2.05. The highest BCUT2D eigenvalue weighted by molar-refractivity contribution is 7.15. The number of rotatable bonds is 5. The highest BCUT2D eigenvalue weighted by atomic mass is 32.1. The molecule has 3 nitrogen and oxygen atoms in total. The van der Waals surface area contributed by atoms with Crippen molar-refractivity contribution in [1.82, 2.24) is 4.98 Å². The van der Waals surface area contributed by atoms with Gasteiger partial charge in [0.15, 0.2) is 5.13 Å². The van der Waals surface area contributed by atoms with Gasteiger partial charge in [0.25, 0.3) is 0 Å². The molecular formula is C13H15FN2OS. The minimum absolute atomic E-state index is 0.213. The topological polar surface area (TPSA) is 34.2 Å². The molecule has 5 heteroatoms. The number of hydrogen-bond acceptors (Lipinski definition) is 4. The van der Waals surface area contributed by atoms with Gasteiger partial charge in [0, 0.05) is 12.7 Å². The van der Waals surface area contributed by atoms with E-state index in [0.717, 1.165) is 16.6 Å². The quantitative estimate of drug-likeness (QED) is 0.897. The van der Waals surface area contributed by atoms with Crippen molar-refractivity contribution in [2.75, 3.05) is 11.9 Å². The lowest BCUT2D eigenvalue weighted by atomic mass is 10.2. The molecule has 96 valence electrons. The van der Waals surface area contributed by atoms with Crippen LogP contribution in [0.15, 0.2) is 24.4 Å². The Bertz CT molecular complexity index is 527. The number of aromatic nitrogens is 1. The minimum atomic E-state index is -0.213. The number of ether oxygens (including phenoxy) is 1. The normalized spacial score (nSPS) is 10.4. The molecule has 0 bridgehead atoms. The molecule has 0 aliphatic rings. The van der Waals surface area contributed by atoms with E-state index in [1.54, 1.807) is 36.6 Å². The van der Waals surface area contributed by atoms with Gasteiger partial charge in [-0.05, 0) is 37.6 Å². The van der Waals surface area contributed by atoms with Crippen molar-refractivity contribution in [2.24, 2.45) is 0 Å². The van der Waals surface area contributed by atoms with Gasteiger partial charge in [-0.15, -0.1) is 0 Å². The summed E-state index contributed by atoms with van der Waals surface area (Å²) in [6.07, 6.45) is 1.79. The first kappa shape index (κ1) is 12.8. The van der Waals surface area contributed by atoms with Crippen LogP contribution in [-0.2, 0) is 6.61 Å². The number of hydrogen-bond donors (Lipinski definition) is 1. The molecule has 2 rings (SSSR count). The zero-order chi connectivity index (χ0) is 13.0. The third-order valence-electron chi connectivity index (χ3n) is 2.39. The molecule has 0 spiro atoms. The van der Waals surface area contributed by atoms with Gasteiger partial charge in [0.2, 0.25) is 0 Å². The average Bonchev–Trinajstić information content (AvgIpc) is 2.79. The second-order valence-corrected chi connectivity index (χ2v) is 4.98. The van der Waals surface area contributed by atoms with Crippen LogP contribution in [0.1, 0.15) is 17.4 Å². The second-order valence-electron chi connectivity index (χ2n) is 3.86. The van der Waals surface area contributed by atoms with E-state index in [1.807, 2.05) is 6.92 Å². The smallest absolute Gasteiger partial charge is 0.182 e. The summed E-state index contributed by atoms with van der Waals surface area (Å²) < 4.78 is 18.7. The molecule has 1 N–H and O–H groups in total. The van der Waals surface area contributed by atoms with Crippen molar-refractivity contribution in [3.63, 3.8) is 0 Å². The summed E-state index contributed by atoms with van der Waals surface area (Å²) in [5.74, 6) is 0.460. The summed E-state index contributed by atoms with van der Waals surface area (Å²) in [4.78, 5) is 5.25. The predicted octanol–water partition coefficient (Wildman–Crippen LogP) is 3.60. The van der Waals surface area contributed by atoms with Gasteiger partial charge in [-0.2, -0.15) is 0 Å². The maximum absolute atomic E-state index is 13.1. The number of nitrogens with one attached hydrogen (secondary N) is 1. The Morgan fingerprint density at radius 2 is 2.28 bits per heavy atom. The van der Waals surface area contributed by atoms with Crippen LogP contribution >= 0.6 is 11.3 Å². The Hall–Kier alpha value is -1.62. The number of halogens is 1. The molecule has 1 heterocycles. The molecule has 0 aliphatic carbocycles. The third kappa shape index (κ3) is 3.20. The third-order valence-corrected chi connectivity index (χ3v) is 3.32. The second kappa shape index (κ2) is 5.82. The fourth-order valence-electron chi connectivity index (χ4n) is 1.47. The molecule has 0 radical (unpaired) electrons. The van der Waals surface area contributed by atoms with E-state index in [1.165, 1.54) is 6.07 Å². The molecule has 0 fully saturated rings. The van der Waals surface area contributed by atoms with Crippen molar-refractivity contribution in [3.8, 4) is 5.75 Å². The molecule has 2 aromatic rings. The predicted molar refractivity (Wildman–Crippen MR) is 71.7 cm³/mol. The van der Waals surface area contributed by atoms with Crippen molar-refractivity contribution in [2.45, 2.75) is 20.5 Å². The van der Waals surface area contributed by atoms with Gasteiger partial charge in [0.1, 0.15) is 18.2 Å². The molecule has 0 amide bonds. The average molecular weight is 266 g/mol. The summed E-state index contributed by atoms with van der Waals surface area (Å²) in [6.45, 7) is 5.05. The number of benzene rings is 1. The molecule has 0 saturated carbocycles. The summed E-state index contributed by atoms with van der Waals surface area (Å²) in [5, 5.41) is 4.04. The van der Waals surface area contributed by atoms with Gasteiger partial charge in [0.05, 0.1) is 4.88 Å². The van der Waals surface area contributed by atoms with E-state index in [0.29, 0.717) is 17.9 Å². The Kier molecular flexibility index (Phi) is 4.15. The van der Waals surface area contributed by atoms with Crippen LogP contribution in [0.5, 0.6) is 5.75 Å². The van der Waals surface area contributed by atoms with E-state index >= 15 is 0 Å². The Balaban J connectivity index is 1.95. The first-order chi connectivity index (χ1) is 8.69. The van der Waals surface area contributed by atoms with Crippen molar-refractivity contribution < 1.29 is 9.13 Å². The van der Waals surface area contributed by atoms with Gasteiger partial charge < -0.3 is 10.1 Å². The Morgan fingerprint density at radius 3 is 3.00 bits per heavy atom. The zero-order valence-electron chi connectivity index (χ0n) is 10.4. The minimum Gasteiger partial charge on any atom is -0.488 e. The summed E-state index contributed by atoms with van der Waals surface area (Å²) >= 11 is 1.56. The largest absolute Gasteiger partial charge is 0.488 e. The molecule has 0 atom stereocenters. The van der Waals surface area contributed by atoms with Crippen LogP contribution in [0.4, 0.5) is 9.52 Å². The van der Waals surface area contributed by atoms with Crippen LogP contribution in [-0.4, -0.2) is 11.5 Å². The number of nitrogens with zero attached hydrogens (tertiary/aromatic N) is 1. The fourth-order valence-corrected chi connectivity index (χ4v) is 2.26. The number of thiazole rings is 1. The molecule has 0 aliphatic heterocycles. The lowest BCUT2D eigenvalue weighted by molar-refractivity contribution is 0.309. The van der Waals surface area contributed by atoms with Gasteiger partial charge >= 0.3 is 0 Å². The standard InChI is InChI=1S/C13H15FN2OS/c1-3-15-13-16-7-11(18-13)8-17-10-4-5-12(14)9(2)6-10/h4-7H,3,8H2,1-2H3,(H,15,16). The Morgan fingerprint density at radius 1 is 1.44 bits per heavy atom. The monoisotopic (exact) mass is 266 g/mol. The maximum Gasteiger partial charge on any atom is 0.182 e. The molecular weight excluding hydrogens is 251 g/mol. The van der Waals surface area contributed by atoms with Gasteiger partial charge in [-0.1, -0.05) is 11.3 Å². The summed E-state index contributed by atoms with van der Waals surface area (Å²) in [6, 6.07) is 4.75. The highest BCUT2D eigenvalue weighted by Crippen LogP contribution is 2.21. The van der Waals surface area contributed by atoms with Crippen LogP contribution < -0.4 is 10.1 Å². The number of aryl methyl sites for hydroxylation is 1. The van der Waals surface area contributed by atoms with E-state index < -0.39 is 0 Å². The Labute approximate surface area is 110 Å². The summed E-state index contributed by atoms with van der Waals surface area (Å²) in [5.41, 5.74) is 0.588. The van der Waals surface area contributed by atoms with Gasteiger partial charge in [-0.25, -0.2) is 9.37 Å². The molecule has 18 heavy (non-hydrogen) atoms. The molecule has 0 unspecified atom stereocenters. The fraction of sp³-hybridized carbons (Fsp3) is 0.308. The van der Waals surface area contributed by atoms with E-state index in [9.17, 15) is 4.39 Å². The number of anilines is 1. The molecule has 1 aromatic carbocycles.